The van der Waals surface area contributed by atoms with Gasteiger partial charge in [0.2, 0.25) is 0 Å². The van der Waals surface area contributed by atoms with Crippen LogP contribution in [0.25, 0.3) is 0 Å². The van der Waals surface area contributed by atoms with Crippen molar-refractivity contribution in [1.29, 1.82) is 0 Å². The van der Waals surface area contributed by atoms with Gasteiger partial charge in [0.15, 0.2) is 0 Å². The largest absolute Gasteiger partial charge is 0.472 e. The SMILES string of the molecule is B[C@@H]1OC(CO)[C@H](OP(=O)(O)OCC(O[C@@H](B)C)C(CF)OP(=O)(O)OC)C1F. The summed E-state index contributed by atoms with van der Waals surface area (Å²) in [6.07, 6.45) is -7.65. The van der Waals surface area contributed by atoms with Crippen LogP contribution in [-0.2, 0) is 36.7 Å². The summed E-state index contributed by atoms with van der Waals surface area (Å²) in [6, 6.07) is -1.52. The van der Waals surface area contributed by atoms with Crippen LogP contribution in [0, 0.1) is 0 Å². The number of aliphatic hydroxyl groups is 1. The standard InChI is InChI=1S/C12H26B2F2O11P2/c1-6(13)24-9(7(3-15)26-28(18,19)22-2)5-23-29(20,21)27-11-8(4-17)25-12(14)10(11)16/h6-12,17H,3-5,13-14H2,1-2H3,(H,18,19)(H,20,21)/t6-,7?,8?,9?,10?,11+,12-/m1/s1. The highest BCUT2D eigenvalue weighted by Crippen LogP contribution is 2.48. The number of alkyl halides is 2. The molecule has 1 heterocycles. The highest BCUT2D eigenvalue weighted by atomic mass is 31.2. The summed E-state index contributed by atoms with van der Waals surface area (Å²) < 4.78 is 80.1. The van der Waals surface area contributed by atoms with Crippen LogP contribution < -0.4 is 0 Å². The van der Waals surface area contributed by atoms with Gasteiger partial charge in [-0.25, -0.2) is 17.9 Å². The lowest BCUT2D eigenvalue weighted by Crippen LogP contribution is -2.39. The molecular weight excluding hydrogens is 442 g/mol. The molecule has 0 aromatic heterocycles. The first-order valence-electron chi connectivity index (χ1n) is 8.70. The lowest BCUT2D eigenvalue weighted by atomic mass is 9.94. The molecule has 1 saturated heterocycles. The molecule has 170 valence electrons. The van der Waals surface area contributed by atoms with Crippen LogP contribution in [0.1, 0.15) is 6.92 Å². The van der Waals surface area contributed by atoms with Crippen molar-refractivity contribution in [2.75, 3.05) is 27.0 Å². The maximum Gasteiger partial charge on any atom is 0.472 e. The Morgan fingerprint density at radius 1 is 1.24 bits per heavy atom. The van der Waals surface area contributed by atoms with Crippen LogP contribution in [0.5, 0.6) is 0 Å². The maximum atomic E-state index is 14.1. The zero-order valence-electron chi connectivity index (χ0n) is 16.4. The topological polar surface area (TPSA) is 150 Å². The summed E-state index contributed by atoms with van der Waals surface area (Å²) in [5.41, 5.74) is 0. The fourth-order valence-electron chi connectivity index (χ4n) is 2.52. The molecule has 3 N–H and O–H groups in total. The Labute approximate surface area is 169 Å². The van der Waals surface area contributed by atoms with E-state index in [0.29, 0.717) is 0 Å². The summed E-state index contributed by atoms with van der Waals surface area (Å²) in [4.78, 5) is 19.3. The molecule has 0 aromatic rings. The molecule has 0 bridgehead atoms. The molecule has 1 aliphatic rings. The second-order valence-electron chi connectivity index (χ2n) is 6.51. The first kappa shape index (κ1) is 27.1. The van der Waals surface area contributed by atoms with E-state index in [1.54, 1.807) is 14.8 Å². The van der Waals surface area contributed by atoms with E-state index in [4.69, 9.17) is 18.5 Å². The third kappa shape index (κ3) is 8.62. The summed E-state index contributed by atoms with van der Waals surface area (Å²) >= 11 is 0. The number of phosphoric acid groups is 2. The Hall–Kier alpha value is 0.0899. The van der Waals surface area contributed by atoms with E-state index in [9.17, 15) is 32.8 Å². The lowest BCUT2D eigenvalue weighted by molar-refractivity contribution is -0.0781. The molecule has 6 unspecified atom stereocenters. The number of aliphatic hydroxyl groups excluding tert-OH is 1. The zero-order chi connectivity index (χ0) is 22.4. The van der Waals surface area contributed by atoms with Gasteiger partial charge in [-0.15, -0.1) is 0 Å². The van der Waals surface area contributed by atoms with E-state index >= 15 is 0 Å². The molecule has 1 aliphatic heterocycles. The quantitative estimate of drug-likeness (QED) is 0.218. The minimum atomic E-state index is -4.91. The van der Waals surface area contributed by atoms with Crippen LogP contribution in [0.4, 0.5) is 8.78 Å². The normalized spacial score (nSPS) is 32.2. The number of halogens is 2. The van der Waals surface area contributed by atoms with E-state index in [1.807, 2.05) is 0 Å². The van der Waals surface area contributed by atoms with Gasteiger partial charge < -0.3 is 24.4 Å². The smallest absolute Gasteiger partial charge is 0.394 e. The molecule has 0 radical (unpaired) electrons. The molecule has 0 amide bonds. The molecule has 17 heteroatoms. The molecule has 0 aromatic carbocycles. The van der Waals surface area contributed by atoms with Gasteiger partial charge in [-0.1, -0.05) is 0 Å². The molecule has 9 atom stereocenters. The first-order chi connectivity index (χ1) is 13.4. The molecule has 0 saturated carbocycles. The van der Waals surface area contributed by atoms with Gasteiger partial charge in [0.05, 0.1) is 19.2 Å². The Balaban J connectivity index is 2.83. The number of rotatable bonds is 13. The minimum absolute atomic E-state index is 0.543. The van der Waals surface area contributed by atoms with Gasteiger partial charge in [-0.3, -0.25) is 18.1 Å². The highest BCUT2D eigenvalue weighted by Gasteiger charge is 2.47. The molecule has 1 fully saturated rings. The third-order valence-electron chi connectivity index (χ3n) is 3.87. The van der Waals surface area contributed by atoms with Crippen LogP contribution in [0.2, 0.25) is 0 Å². The minimum Gasteiger partial charge on any atom is -0.394 e. The number of phosphoric ester groups is 2. The summed E-state index contributed by atoms with van der Waals surface area (Å²) in [5.74, 6) is 0. The van der Waals surface area contributed by atoms with Crippen molar-refractivity contribution in [2.45, 2.75) is 49.5 Å². The second-order valence-corrected chi connectivity index (χ2v) is 9.43. The van der Waals surface area contributed by atoms with Crippen LogP contribution in [-0.4, -0.2) is 100 Å². The number of hydrogen-bond donors (Lipinski definition) is 3. The average molecular weight is 468 g/mol. The van der Waals surface area contributed by atoms with Crippen molar-refractivity contribution in [1.82, 2.24) is 0 Å². The van der Waals surface area contributed by atoms with Crippen molar-refractivity contribution in [2.24, 2.45) is 0 Å². The summed E-state index contributed by atoms with van der Waals surface area (Å²) in [6.45, 7) is -1.20. The van der Waals surface area contributed by atoms with Gasteiger partial charge in [-0.05, 0) is 6.92 Å². The van der Waals surface area contributed by atoms with E-state index in [2.05, 4.69) is 9.05 Å². The predicted octanol–water partition coefficient (Wildman–Crippen LogP) is -1.36. The van der Waals surface area contributed by atoms with Gasteiger partial charge >= 0.3 is 15.6 Å². The molecule has 0 aliphatic carbocycles. The van der Waals surface area contributed by atoms with Crippen molar-refractivity contribution in [3.63, 3.8) is 0 Å². The second kappa shape index (κ2) is 11.6. The molecule has 11 nitrogen and oxygen atoms in total. The van der Waals surface area contributed by atoms with Crippen molar-refractivity contribution in [3.8, 4) is 0 Å². The fraction of sp³-hybridized carbons (Fsp3) is 1.00. The Morgan fingerprint density at radius 2 is 1.86 bits per heavy atom. The van der Waals surface area contributed by atoms with E-state index in [1.165, 1.54) is 7.85 Å². The highest BCUT2D eigenvalue weighted by molar-refractivity contribution is 7.47. The van der Waals surface area contributed by atoms with E-state index in [0.717, 1.165) is 7.11 Å². The van der Waals surface area contributed by atoms with Gasteiger partial charge in [0, 0.05) is 13.1 Å². The third-order valence-corrected chi connectivity index (χ3v) is 5.85. The molecule has 0 spiro atoms. The molecular formula is C12H26B2F2O11P2. The van der Waals surface area contributed by atoms with Crippen LogP contribution in [0.3, 0.4) is 0 Å². The zero-order valence-corrected chi connectivity index (χ0v) is 18.2. The van der Waals surface area contributed by atoms with Gasteiger partial charge in [0.1, 0.15) is 53.0 Å². The Bertz CT molecular complexity index is 604. The maximum absolute atomic E-state index is 14.1. The molecule has 1 rings (SSSR count). The average Bonchev–Trinajstić information content (AvgIpc) is 2.90. The van der Waals surface area contributed by atoms with E-state index < -0.39 is 78.1 Å². The van der Waals surface area contributed by atoms with Crippen molar-refractivity contribution in [3.05, 3.63) is 0 Å². The Kier molecular flexibility index (Phi) is 10.9. The van der Waals surface area contributed by atoms with Crippen LogP contribution >= 0.6 is 15.6 Å². The Morgan fingerprint density at radius 3 is 2.34 bits per heavy atom. The number of ether oxygens (including phenoxy) is 2. The molecule has 29 heavy (non-hydrogen) atoms. The fourth-order valence-corrected chi connectivity index (χ4v) is 4.09. The first-order valence-corrected chi connectivity index (χ1v) is 11.7. The van der Waals surface area contributed by atoms with Crippen molar-refractivity contribution < 1.29 is 60.4 Å². The van der Waals surface area contributed by atoms with Crippen LogP contribution in [0.15, 0.2) is 0 Å². The van der Waals surface area contributed by atoms with Crippen molar-refractivity contribution >= 4 is 31.3 Å². The summed E-state index contributed by atoms with van der Waals surface area (Å²) in [7, 11) is -5.72. The predicted molar refractivity (Wildman–Crippen MR) is 100 cm³/mol. The number of hydrogen-bond acceptors (Lipinski definition) is 9. The van der Waals surface area contributed by atoms with E-state index in [-0.39, 0.29) is 0 Å². The lowest BCUT2D eigenvalue weighted by Gasteiger charge is -2.29. The summed E-state index contributed by atoms with van der Waals surface area (Å²) in [5, 5.41) is 9.20. The monoisotopic (exact) mass is 468 g/mol. The van der Waals surface area contributed by atoms with Gasteiger partial charge in [-0.2, -0.15) is 0 Å². The van der Waals surface area contributed by atoms with Gasteiger partial charge in [0.25, 0.3) is 0 Å².